The molecule has 5 nitrogen and oxygen atoms in total. The van der Waals surface area contributed by atoms with Gasteiger partial charge >= 0.3 is 0 Å². The average molecular weight is 314 g/mol. The fraction of sp³-hybridized carbons (Fsp3) is 0.556. The standard InChI is InChI=1S/C18H26N4O/c1-14(19-2)12-17-20-18(23-21-17)16-8-6-15(7-9-16)13-22-10-4-3-5-11-22/h6-9,14,19H,3-5,10-13H2,1-2H3. The molecule has 124 valence electrons. The molecule has 0 bridgehead atoms. The molecule has 1 aliphatic rings. The Morgan fingerprint density at radius 1 is 1.17 bits per heavy atom. The van der Waals surface area contributed by atoms with Crippen molar-refractivity contribution in [3.63, 3.8) is 0 Å². The average Bonchev–Trinajstić information content (AvgIpc) is 3.05. The molecule has 0 amide bonds. The number of piperidine rings is 1. The van der Waals surface area contributed by atoms with Crippen molar-refractivity contribution in [2.45, 2.75) is 45.2 Å². The van der Waals surface area contributed by atoms with E-state index < -0.39 is 0 Å². The molecule has 5 heteroatoms. The number of nitrogens with zero attached hydrogens (tertiary/aromatic N) is 3. The number of benzene rings is 1. The summed E-state index contributed by atoms with van der Waals surface area (Å²) in [7, 11) is 1.94. The Morgan fingerprint density at radius 2 is 1.91 bits per heavy atom. The van der Waals surface area contributed by atoms with Crippen molar-refractivity contribution < 1.29 is 4.52 Å². The number of likely N-dealkylation sites (tertiary alicyclic amines) is 1. The SMILES string of the molecule is CNC(C)Cc1noc(-c2ccc(CN3CCCCC3)cc2)n1. The number of hydrogen-bond acceptors (Lipinski definition) is 5. The van der Waals surface area contributed by atoms with Gasteiger partial charge in [0.25, 0.3) is 5.89 Å². The van der Waals surface area contributed by atoms with Crippen molar-refractivity contribution in [2.24, 2.45) is 0 Å². The highest BCUT2D eigenvalue weighted by molar-refractivity contribution is 5.53. The molecular weight excluding hydrogens is 288 g/mol. The van der Waals surface area contributed by atoms with Gasteiger partial charge in [-0.05, 0) is 57.6 Å². The molecule has 23 heavy (non-hydrogen) atoms. The lowest BCUT2D eigenvalue weighted by Gasteiger charge is -2.26. The Morgan fingerprint density at radius 3 is 2.61 bits per heavy atom. The smallest absolute Gasteiger partial charge is 0.257 e. The third kappa shape index (κ3) is 4.39. The molecule has 0 aliphatic carbocycles. The van der Waals surface area contributed by atoms with E-state index in [1.54, 1.807) is 0 Å². The maximum Gasteiger partial charge on any atom is 0.257 e. The zero-order valence-corrected chi connectivity index (χ0v) is 14.1. The molecule has 1 aromatic carbocycles. The summed E-state index contributed by atoms with van der Waals surface area (Å²) in [4.78, 5) is 7.02. The fourth-order valence-corrected chi connectivity index (χ4v) is 2.96. The Balaban J connectivity index is 1.62. The van der Waals surface area contributed by atoms with Crippen LogP contribution >= 0.6 is 0 Å². The predicted octanol–water partition coefficient (Wildman–Crippen LogP) is 2.87. The maximum atomic E-state index is 5.39. The van der Waals surface area contributed by atoms with Crippen LogP contribution in [-0.4, -0.2) is 41.2 Å². The summed E-state index contributed by atoms with van der Waals surface area (Å²) in [6.07, 6.45) is 4.80. The lowest BCUT2D eigenvalue weighted by atomic mass is 10.1. The lowest BCUT2D eigenvalue weighted by molar-refractivity contribution is 0.221. The zero-order valence-electron chi connectivity index (χ0n) is 14.1. The second kappa shape index (κ2) is 7.70. The van der Waals surface area contributed by atoms with Crippen LogP contribution in [0.4, 0.5) is 0 Å². The Bertz CT molecular complexity index is 602. The van der Waals surface area contributed by atoms with E-state index in [1.807, 2.05) is 7.05 Å². The summed E-state index contributed by atoms with van der Waals surface area (Å²) in [5.74, 6) is 1.35. The normalized spacial score (nSPS) is 17.3. The monoisotopic (exact) mass is 314 g/mol. The molecule has 2 aromatic rings. The second-order valence-electron chi connectivity index (χ2n) is 6.44. The van der Waals surface area contributed by atoms with Gasteiger partial charge in [-0.2, -0.15) is 4.98 Å². The van der Waals surface area contributed by atoms with Crippen LogP contribution in [0.5, 0.6) is 0 Å². The van der Waals surface area contributed by atoms with Crippen LogP contribution in [0, 0.1) is 0 Å². The van der Waals surface area contributed by atoms with Gasteiger partial charge in [0.15, 0.2) is 5.82 Å². The molecule has 0 saturated carbocycles. The van der Waals surface area contributed by atoms with Gasteiger partial charge in [0.05, 0.1) is 0 Å². The Labute approximate surface area is 138 Å². The molecular formula is C18H26N4O. The van der Waals surface area contributed by atoms with E-state index in [4.69, 9.17) is 4.52 Å². The summed E-state index contributed by atoms with van der Waals surface area (Å²) in [6.45, 7) is 5.58. The number of rotatable bonds is 6. The van der Waals surface area contributed by atoms with Crippen molar-refractivity contribution in [2.75, 3.05) is 20.1 Å². The first-order valence-corrected chi connectivity index (χ1v) is 8.56. The van der Waals surface area contributed by atoms with Crippen LogP contribution in [0.25, 0.3) is 11.5 Å². The summed E-state index contributed by atoms with van der Waals surface area (Å²) in [5.41, 5.74) is 2.34. The topological polar surface area (TPSA) is 54.2 Å². The Hall–Kier alpha value is -1.72. The first-order chi connectivity index (χ1) is 11.2. The van der Waals surface area contributed by atoms with E-state index in [0.717, 1.165) is 24.4 Å². The molecule has 1 aliphatic heterocycles. The predicted molar refractivity (Wildman–Crippen MR) is 91.1 cm³/mol. The van der Waals surface area contributed by atoms with E-state index >= 15 is 0 Å². The van der Waals surface area contributed by atoms with Crippen molar-refractivity contribution in [3.05, 3.63) is 35.7 Å². The van der Waals surface area contributed by atoms with Crippen LogP contribution in [0.15, 0.2) is 28.8 Å². The highest BCUT2D eigenvalue weighted by atomic mass is 16.5. The lowest BCUT2D eigenvalue weighted by Crippen LogP contribution is -2.28. The van der Waals surface area contributed by atoms with Crippen molar-refractivity contribution in [1.29, 1.82) is 0 Å². The van der Waals surface area contributed by atoms with Crippen LogP contribution in [0.3, 0.4) is 0 Å². The minimum atomic E-state index is 0.340. The molecule has 2 heterocycles. The summed E-state index contributed by atoms with van der Waals surface area (Å²) in [6, 6.07) is 8.84. The number of likely N-dealkylation sites (N-methyl/N-ethyl adjacent to an activating group) is 1. The highest BCUT2D eigenvalue weighted by Crippen LogP contribution is 2.20. The molecule has 1 atom stereocenters. The maximum absolute atomic E-state index is 5.39. The highest BCUT2D eigenvalue weighted by Gasteiger charge is 2.13. The largest absolute Gasteiger partial charge is 0.334 e. The Kier molecular flexibility index (Phi) is 5.41. The van der Waals surface area contributed by atoms with E-state index in [1.165, 1.54) is 37.9 Å². The second-order valence-corrected chi connectivity index (χ2v) is 6.44. The zero-order chi connectivity index (χ0) is 16.1. The van der Waals surface area contributed by atoms with Gasteiger partial charge in [-0.3, -0.25) is 4.90 Å². The third-order valence-electron chi connectivity index (χ3n) is 4.51. The third-order valence-corrected chi connectivity index (χ3v) is 4.51. The van der Waals surface area contributed by atoms with Gasteiger partial charge in [-0.1, -0.05) is 23.7 Å². The van der Waals surface area contributed by atoms with Gasteiger partial charge in [-0.15, -0.1) is 0 Å². The van der Waals surface area contributed by atoms with E-state index in [0.29, 0.717) is 11.9 Å². The molecule has 1 saturated heterocycles. The van der Waals surface area contributed by atoms with Crippen LogP contribution in [0.2, 0.25) is 0 Å². The van der Waals surface area contributed by atoms with Gasteiger partial charge in [0.1, 0.15) is 0 Å². The molecule has 1 unspecified atom stereocenters. The summed E-state index contributed by atoms with van der Waals surface area (Å²) >= 11 is 0. The quantitative estimate of drug-likeness (QED) is 0.888. The minimum absolute atomic E-state index is 0.340. The molecule has 1 N–H and O–H groups in total. The van der Waals surface area contributed by atoms with Crippen molar-refractivity contribution in [3.8, 4) is 11.5 Å². The van der Waals surface area contributed by atoms with Crippen molar-refractivity contribution in [1.82, 2.24) is 20.4 Å². The molecule has 3 rings (SSSR count). The first kappa shape index (κ1) is 16.1. The van der Waals surface area contributed by atoms with E-state index in [9.17, 15) is 0 Å². The first-order valence-electron chi connectivity index (χ1n) is 8.56. The fourth-order valence-electron chi connectivity index (χ4n) is 2.96. The van der Waals surface area contributed by atoms with E-state index in [2.05, 4.69) is 51.5 Å². The van der Waals surface area contributed by atoms with Crippen LogP contribution < -0.4 is 5.32 Å². The number of hydrogen-bond donors (Lipinski definition) is 1. The van der Waals surface area contributed by atoms with Gasteiger partial charge in [0.2, 0.25) is 0 Å². The summed E-state index contributed by atoms with van der Waals surface area (Å²) in [5, 5.41) is 7.24. The van der Waals surface area contributed by atoms with Gasteiger partial charge in [0, 0.05) is 24.6 Å². The molecule has 0 spiro atoms. The number of nitrogens with one attached hydrogen (secondary N) is 1. The van der Waals surface area contributed by atoms with Crippen molar-refractivity contribution >= 4 is 0 Å². The number of aromatic nitrogens is 2. The molecule has 1 aromatic heterocycles. The van der Waals surface area contributed by atoms with E-state index in [-0.39, 0.29) is 0 Å². The van der Waals surface area contributed by atoms with Gasteiger partial charge < -0.3 is 9.84 Å². The molecule has 1 fully saturated rings. The summed E-state index contributed by atoms with van der Waals surface area (Å²) < 4.78 is 5.39. The van der Waals surface area contributed by atoms with Crippen LogP contribution in [0.1, 0.15) is 37.6 Å². The minimum Gasteiger partial charge on any atom is -0.334 e. The van der Waals surface area contributed by atoms with Gasteiger partial charge in [-0.25, -0.2) is 0 Å². The molecule has 0 radical (unpaired) electrons. The van der Waals surface area contributed by atoms with Crippen LogP contribution in [-0.2, 0) is 13.0 Å².